The van der Waals surface area contributed by atoms with Crippen molar-refractivity contribution < 1.29 is 4.74 Å². The zero-order valence-corrected chi connectivity index (χ0v) is 10.7. The summed E-state index contributed by atoms with van der Waals surface area (Å²) < 4.78 is 5.59. The third kappa shape index (κ3) is 5.07. The van der Waals surface area contributed by atoms with Crippen molar-refractivity contribution in [3.63, 3.8) is 0 Å². The van der Waals surface area contributed by atoms with Crippen LogP contribution in [0.3, 0.4) is 0 Å². The van der Waals surface area contributed by atoms with E-state index in [2.05, 4.69) is 29.1 Å². The second kappa shape index (κ2) is 5.25. The minimum Gasteiger partial charge on any atom is -0.471 e. The van der Waals surface area contributed by atoms with E-state index in [4.69, 9.17) is 4.74 Å². The van der Waals surface area contributed by atoms with Gasteiger partial charge in [0.25, 0.3) is 0 Å². The van der Waals surface area contributed by atoms with E-state index in [0.29, 0.717) is 11.9 Å². The summed E-state index contributed by atoms with van der Waals surface area (Å²) in [5, 5.41) is 3.29. The number of hydrogen-bond acceptors (Lipinski definition) is 4. The first-order valence-electron chi connectivity index (χ1n) is 5.60. The fourth-order valence-electron chi connectivity index (χ4n) is 1.11. The van der Waals surface area contributed by atoms with Crippen LogP contribution >= 0.6 is 0 Å². The molecule has 4 nitrogen and oxygen atoms in total. The lowest BCUT2D eigenvalue weighted by molar-refractivity contribution is 0.123. The highest BCUT2D eigenvalue weighted by atomic mass is 16.5. The predicted octanol–water partition coefficient (Wildman–Crippen LogP) is 2.15. The summed E-state index contributed by atoms with van der Waals surface area (Å²) >= 11 is 0. The molecule has 0 aliphatic rings. The molecule has 0 radical (unpaired) electrons. The van der Waals surface area contributed by atoms with E-state index < -0.39 is 0 Å². The van der Waals surface area contributed by atoms with Gasteiger partial charge in [-0.15, -0.1) is 0 Å². The van der Waals surface area contributed by atoms with E-state index in [-0.39, 0.29) is 5.60 Å². The van der Waals surface area contributed by atoms with Crippen LogP contribution in [0, 0.1) is 0 Å². The summed E-state index contributed by atoms with van der Waals surface area (Å²) in [5.41, 5.74) is 0.696. The molecule has 1 heterocycles. The van der Waals surface area contributed by atoms with Gasteiger partial charge in [0.05, 0.1) is 18.1 Å². The van der Waals surface area contributed by atoms with Gasteiger partial charge in [0.15, 0.2) is 0 Å². The van der Waals surface area contributed by atoms with Crippen molar-refractivity contribution in [3.8, 4) is 5.88 Å². The van der Waals surface area contributed by atoms with Crippen molar-refractivity contribution in [1.82, 2.24) is 15.3 Å². The molecule has 90 valence electrons. The minimum absolute atomic E-state index is 0.230. The molecule has 0 atom stereocenters. The average molecular weight is 223 g/mol. The van der Waals surface area contributed by atoms with Crippen LogP contribution in [0.15, 0.2) is 12.4 Å². The lowest BCUT2D eigenvalue weighted by atomic mass is 10.2. The van der Waals surface area contributed by atoms with Gasteiger partial charge in [0.1, 0.15) is 5.60 Å². The van der Waals surface area contributed by atoms with Gasteiger partial charge in [-0.3, -0.25) is 4.98 Å². The van der Waals surface area contributed by atoms with Crippen LogP contribution in [0.1, 0.15) is 40.3 Å². The van der Waals surface area contributed by atoms with E-state index in [1.165, 1.54) is 0 Å². The molecule has 0 aliphatic carbocycles. The quantitative estimate of drug-likeness (QED) is 0.849. The Bertz CT molecular complexity index is 314. The van der Waals surface area contributed by atoms with Gasteiger partial charge in [-0.1, -0.05) is 13.8 Å². The molecule has 1 aromatic rings. The van der Waals surface area contributed by atoms with Crippen molar-refractivity contribution in [2.75, 3.05) is 0 Å². The highest BCUT2D eigenvalue weighted by Crippen LogP contribution is 2.13. The molecule has 0 aliphatic heterocycles. The molecule has 0 unspecified atom stereocenters. The molecule has 0 amide bonds. The normalized spacial score (nSPS) is 11.9. The van der Waals surface area contributed by atoms with Gasteiger partial charge < -0.3 is 10.1 Å². The van der Waals surface area contributed by atoms with Crippen LogP contribution in [0.4, 0.5) is 0 Å². The molecule has 0 aromatic carbocycles. The Morgan fingerprint density at radius 1 is 1.25 bits per heavy atom. The van der Waals surface area contributed by atoms with Gasteiger partial charge in [-0.2, -0.15) is 0 Å². The number of aromatic nitrogens is 2. The number of rotatable bonds is 4. The second-order valence-electron chi connectivity index (χ2n) is 5.10. The van der Waals surface area contributed by atoms with Crippen LogP contribution in [-0.2, 0) is 6.54 Å². The summed E-state index contributed by atoms with van der Waals surface area (Å²) in [7, 11) is 0. The standard InChI is InChI=1S/C12H21N3O/c1-9(2)13-6-10-7-15-11(8-14-10)16-12(3,4)5/h7-9,13H,6H2,1-5H3. The zero-order chi connectivity index (χ0) is 12.2. The number of nitrogens with zero attached hydrogens (tertiary/aromatic N) is 2. The highest BCUT2D eigenvalue weighted by Gasteiger charge is 2.12. The Morgan fingerprint density at radius 2 is 1.94 bits per heavy atom. The molecule has 1 aromatic heterocycles. The summed E-state index contributed by atoms with van der Waals surface area (Å²) in [6.07, 6.45) is 3.42. The third-order valence-corrected chi connectivity index (χ3v) is 1.78. The van der Waals surface area contributed by atoms with Crippen LogP contribution in [0.25, 0.3) is 0 Å². The topological polar surface area (TPSA) is 47.0 Å². The molecule has 4 heteroatoms. The van der Waals surface area contributed by atoms with Gasteiger partial charge in [0, 0.05) is 12.6 Å². The first-order valence-corrected chi connectivity index (χ1v) is 5.60. The van der Waals surface area contributed by atoms with Crippen LogP contribution in [-0.4, -0.2) is 21.6 Å². The maximum absolute atomic E-state index is 5.59. The molecule has 1 rings (SSSR count). The van der Waals surface area contributed by atoms with Crippen molar-refractivity contribution in [3.05, 3.63) is 18.1 Å². The fraction of sp³-hybridized carbons (Fsp3) is 0.667. The van der Waals surface area contributed by atoms with E-state index in [9.17, 15) is 0 Å². The molecular weight excluding hydrogens is 202 g/mol. The average Bonchev–Trinajstić information content (AvgIpc) is 2.14. The molecule has 0 spiro atoms. The van der Waals surface area contributed by atoms with Crippen LogP contribution in [0.2, 0.25) is 0 Å². The van der Waals surface area contributed by atoms with Gasteiger partial charge >= 0.3 is 0 Å². The van der Waals surface area contributed by atoms with E-state index in [1.54, 1.807) is 12.4 Å². The lowest BCUT2D eigenvalue weighted by Gasteiger charge is -2.19. The Morgan fingerprint density at radius 3 is 2.38 bits per heavy atom. The van der Waals surface area contributed by atoms with Crippen LogP contribution in [0.5, 0.6) is 5.88 Å². The van der Waals surface area contributed by atoms with Gasteiger partial charge in [0.2, 0.25) is 5.88 Å². The van der Waals surface area contributed by atoms with Crippen molar-refractivity contribution in [1.29, 1.82) is 0 Å². The Labute approximate surface area is 97.5 Å². The maximum atomic E-state index is 5.59. The summed E-state index contributed by atoms with van der Waals surface area (Å²) in [6, 6.07) is 0.451. The molecule has 0 bridgehead atoms. The van der Waals surface area contributed by atoms with Crippen molar-refractivity contribution >= 4 is 0 Å². The highest BCUT2D eigenvalue weighted by molar-refractivity contribution is 5.08. The third-order valence-electron chi connectivity index (χ3n) is 1.78. The number of hydrogen-bond donors (Lipinski definition) is 1. The lowest BCUT2D eigenvalue weighted by Crippen LogP contribution is -2.24. The molecule has 0 saturated carbocycles. The minimum atomic E-state index is -0.230. The van der Waals surface area contributed by atoms with Crippen LogP contribution < -0.4 is 10.1 Å². The van der Waals surface area contributed by atoms with E-state index >= 15 is 0 Å². The SMILES string of the molecule is CC(C)NCc1cnc(OC(C)(C)C)cn1. The predicted molar refractivity (Wildman–Crippen MR) is 64.4 cm³/mol. The zero-order valence-electron chi connectivity index (χ0n) is 10.7. The largest absolute Gasteiger partial charge is 0.471 e. The van der Waals surface area contributed by atoms with E-state index in [1.807, 2.05) is 20.8 Å². The fourth-order valence-corrected chi connectivity index (χ4v) is 1.11. The van der Waals surface area contributed by atoms with Gasteiger partial charge in [-0.25, -0.2) is 4.98 Å². The Balaban J connectivity index is 2.54. The smallest absolute Gasteiger partial charge is 0.232 e. The summed E-state index contributed by atoms with van der Waals surface area (Å²) in [6.45, 7) is 10.9. The summed E-state index contributed by atoms with van der Waals surface area (Å²) in [4.78, 5) is 8.50. The second-order valence-corrected chi connectivity index (χ2v) is 5.10. The monoisotopic (exact) mass is 223 g/mol. The molecule has 1 N–H and O–H groups in total. The Kier molecular flexibility index (Phi) is 4.24. The van der Waals surface area contributed by atoms with E-state index in [0.717, 1.165) is 12.2 Å². The number of nitrogens with one attached hydrogen (secondary N) is 1. The summed E-state index contributed by atoms with van der Waals surface area (Å²) in [5.74, 6) is 0.570. The van der Waals surface area contributed by atoms with Crippen molar-refractivity contribution in [2.45, 2.75) is 52.8 Å². The molecule has 16 heavy (non-hydrogen) atoms. The molecular formula is C12H21N3O. The molecule has 0 saturated heterocycles. The van der Waals surface area contributed by atoms with Crippen molar-refractivity contribution in [2.24, 2.45) is 0 Å². The maximum Gasteiger partial charge on any atom is 0.232 e. The molecule has 0 fully saturated rings. The first kappa shape index (κ1) is 12.9. The first-order chi connectivity index (χ1) is 7.37. The number of ether oxygens (including phenoxy) is 1. The van der Waals surface area contributed by atoms with Gasteiger partial charge in [-0.05, 0) is 20.8 Å². The Hall–Kier alpha value is -1.16.